The summed E-state index contributed by atoms with van der Waals surface area (Å²) in [6.07, 6.45) is 2.84. The standard InChI is InChI=1S/C14H28O4/c1-10-4-5-14(16)12(6-10)7-13(15)9-18-11(2)8-17-3/h10-16H,4-9H2,1-3H3. The summed E-state index contributed by atoms with van der Waals surface area (Å²) in [7, 11) is 1.63. The molecule has 0 aromatic carbocycles. The van der Waals surface area contributed by atoms with Crippen molar-refractivity contribution in [3.63, 3.8) is 0 Å². The van der Waals surface area contributed by atoms with E-state index in [2.05, 4.69) is 6.92 Å². The summed E-state index contributed by atoms with van der Waals surface area (Å²) in [5, 5.41) is 19.9. The number of rotatable bonds is 7. The summed E-state index contributed by atoms with van der Waals surface area (Å²) in [5.74, 6) is 0.865. The third-order valence-electron chi connectivity index (χ3n) is 3.75. The lowest BCUT2D eigenvalue weighted by atomic mass is 9.78. The van der Waals surface area contributed by atoms with Crippen molar-refractivity contribution in [2.45, 2.75) is 57.8 Å². The van der Waals surface area contributed by atoms with Crippen molar-refractivity contribution in [3.8, 4) is 0 Å². The van der Waals surface area contributed by atoms with Crippen molar-refractivity contribution >= 4 is 0 Å². The lowest BCUT2D eigenvalue weighted by Gasteiger charge is -2.33. The zero-order valence-corrected chi connectivity index (χ0v) is 11.8. The van der Waals surface area contributed by atoms with Crippen LogP contribution in [-0.4, -0.2) is 48.8 Å². The summed E-state index contributed by atoms with van der Waals surface area (Å²) < 4.78 is 10.5. The Balaban J connectivity index is 2.23. The van der Waals surface area contributed by atoms with Gasteiger partial charge in [0, 0.05) is 7.11 Å². The number of methoxy groups -OCH3 is 1. The van der Waals surface area contributed by atoms with Crippen molar-refractivity contribution < 1.29 is 19.7 Å². The Kier molecular flexibility index (Phi) is 7.15. The Hall–Kier alpha value is -0.160. The van der Waals surface area contributed by atoms with Gasteiger partial charge in [-0.25, -0.2) is 0 Å². The Morgan fingerprint density at radius 1 is 1.28 bits per heavy atom. The van der Waals surface area contributed by atoms with Gasteiger partial charge >= 0.3 is 0 Å². The highest BCUT2D eigenvalue weighted by atomic mass is 16.5. The fraction of sp³-hybridized carbons (Fsp3) is 1.00. The highest BCUT2D eigenvalue weighted by Crippen LogP contribution is 2.31. The molecule has 0 heterocycles. The molecule has 2 N–H and O–H groups in total. The first kappa shape index (κ1) is 15.9. The molecule has 0 aliphatic heterocycles. The molecule has 18 heavy (non-hydrogen) atoms. The minimum absolute atomic E-state index is 0.000136. The Morgan fingerprint density at radius 3 is 2.67 bits per heavy atom. The highest BCUT2D eigenvalue weighted by Gasteiger charge is 2.28. The molecular weight excluding hydrogens is 232 g/mol. The van der Waals surface area contributed by atoms with Crippen LogP contribution in [0.25, 0.3) is 0 Å². The molecule has 5 atom stereocenters. The zero-order valence-electron chi connectivity index (χ0n) is 11.8. The molecule has 0 aromatic rings. The molecule has 108 valence electrons. The van der Waals surface area contributed by atoms with Crippen LogP contribution in [0.2, 0.25) is 0 Å². The van der Waals surface area contributed by atoms with Gasteiger partial charge in [0.25, 0.3) is 0 Å². The van der Waals surface area contributed by atoms with Crippen LogP contribution in [0.4, 0.5) is 0 Å². The van der Waals surface area contributed by atoms with Gasteiger partial charge in [0.1, 0.15) is 0 Å². The smallest absolute Gasteiger partial charge is 0.0781 e. The molecule has 1 rings (SSSR count). The zero-order chi connectivity index (χ0) is 13.5. The van der Waals surface area contributed by atoms with Crippen LogP contribution in [0, 0.1) is 11.8 Å². The van der Waals surface area contributed by atoms with Crippen LogP contribution in [-0.2, 0) is 9.47 Å². The van der Waals surface area contributed by atoms with Gasteiger partial charge in [-0.2, -0.15) is 0 Å². The lowest BCUT2D eigenvalue weighted by molar-refractivity contribution is -0.0493. The maximum atomic E-state index is 9.95. The molecule has 4 heteroatoms. The first-order valence-corrected chi connectivity index (χ1v) is 6.99. The second-order valence-corrected chi connectivity index (χ2v) is 5.73. The molecule has 0 amide bonds. The van der Waals surface area contributed by atoms with E-state index in [0.29, 0.717) is 25.6 Å². The van der Waals surface area contributed by atoms with E-state index in [1.807, 2.05) is 6.92 Å². The molecule has 0 aromatic heterocycles. The Morgan fingerprint density at radius 2 is 2.00 bits per heavy atom. The average Bonchev–Trinajstić information content (AvgIpc) is 2.32. The molecule has 5 unspecified atom stereocenters. The molecule has 0 radical (unpaired) electrons. The average molecular weight is 260 g/mol. The van der Waals surface area contributed by atoms with Gasteiger partial charge in [-0.05, 0) is 44.4 Å². The number of hydrogen-bond donors (Lipinski definition) is 2. The van der Waals surface area contributed by atoms with E-state index in [1.165, 1.54) is 0 Å². The van der Waals surface area contributed by atoms with E-state index in [1.54, 1.807) is 7.11 Å². The van der Waals surface area contributed by atoms with Gasteiger partial charge in [0.15, 0.2) is 0 Å². The summed E-state index contributed by atoms with van der Waals surface area (Å²) in [4.78, 5) is 0. The first-order valence-electron chi connectivity index (χ1n) is 6.99. The van der Waals surface area contributed by atoms with E-state index in [4.69, 9.17) is 9.47 Å². The maximum Gasteiger partial charge on any atom is 0.0781 e. The first-order chi connectivity index (χ1) is 8.52. The number of hydrogen-bond acceptors (Lipinski definition) is 4. The van der Waals surface area contributed by atoms with Crippen LogP contribution < -0.4 is 0 Å². The molecule has 0 saturated heterocycles. The normalized spacial score (nSPS) is 32.2. The fourth-order valence-electron chi connectivity index (χ4n) is 2.71. The number of aliphatic hydroxyl groups excluding tert-OH is 2. The molecular formula is C14H28O4. The van der Waals surface area contributed by atoms with E-state index < -0.39 is 6.10 Å². The maximum absolute atomic E-state index is 9.95. The largest absolute Gasteiger partial charge is 0.393 e. The van der Waals surface area contributed by atoms with Gasteiger partial charge in [-0.15, -0.1) is 0 Å². The van der Waals surface area contributed by atoms with Crippen molar-refractivity contribution in [2.75, 3.05) is 20.3 Å². The molecule has 1 aliphatic rings. The van der Waals surface area contributed by atoms with Gasteiger partial charge in [0.2, 0.25) is 0 Å². The minimum atomic E-state index is -0.491. The Labute approximate surface area is 110 Å². The highest BCUT2D eigenvalue weighted by molar-refractivity contribution is 4.80. The van der Waals surface area contributed by atoms with Gasteiger partial charge < -0.3 is 19.7 Å². The third kappa shape index (κ3) is 5.65. The summed E-state index contributed by atoms with van der Waals surface area (Å²) in [6, 6.07) is 0. The summed E-state index contributed by atoms with van der Waals surface area (Å²) >= 11 is 0. The minimum Gasteiger partial charge on any atom is -0.393 e. The molecule has 1 saturated carbocycles. The lowest BCUT2D eigenvalue weighted by Crippen LogP contribution is -2.33. The van der Waals surface area contributed by atoms with Crippen molar-refractivity contribution in [3.05, 3.63) is 0 Å². The second-order valence-electron chi connectivity index (χ2n) is 5.73. The fourth-order valence-corrected chi connectivity index (χ4v) is 2.71. The van der Waals surface area contributed by atoms with E-state index in [-0.39, 0.29) is 18.1 Å². The topological polar surface area (TPSA) is 58.9 Å². The predicted molar refractivity (Wildman–Crippen MR) is 70.4 cm³/mol. The third-order valence-corrected chi connectivity index (χ3v) is 3.75. The van der Waals surface area contributed by atoms with Crippen LogP contribution in [0.15, 0.2) is 0 Å². The van der Waals surface area contributed by atoms with Crippen LogP contribution in [0.3, 0.4) is 0 Å². The van der Waals surface area contributed by atoms with Crippen LogP contribution in [0.5, 0.6) is 0 Å². The number of ether oxygens (including phenoxy) is 2. The van der Waals surface area contributed by atoms with Crippen molar-refractivity contribution in [1.82, 2.24) is 0 Å². The van der Waals surface area contributed by atoms with Crippen LogP contribution >= 0.6 is 0 Å². The summed E-state index contributed by atoms with van der Waals surface area (Å²) in [5.41, 5.74) is 0. The second kappa shape index (κ2) is 8.10. The van der Waals surface area contributed by atoms with Crippen molar-refractivity contribution in [2.24, 2.45) is 11.8 Å². The Bertz CT molecular complexity index is 222. The molecule has 1 fully saturated rings. The van der Waals surface area contributed by atoms with E-state index in [9.17, 15) is 10.2 Å². The SMILES string of the molecule is COCC(C)OCC(O)CC1CC(C)CCC1O. The molecule has 1 aliphatic carbocycles. The molecule has 4 nitrogen and oxygen atoms in total. The van der Waals surface area contributed by atoms with Crippen molar-refractivity contribution in [1.29, 1.82) is 0 Å². The van der Waals surface area contributed by atoms with E-state index in [0.717, 1.165) is 19.3 Å². The molecule has 0 bridgehead atoms. The van der Waals surface area contributed by atoms with Gasteiger partial charge in [-0.3, -0.25) is 0 Å². The van der Waals surface area contributed by atoms with E-state index >= 15 is 0 Å². The number of aliphatic hydroxyl groups is 2. The monoisotopic (exact) mass is 260 g/mol. The quantitative estimate of drug-likeness (QED) is 0.730. The summed E-state index contributed by atoms with van der Waals surface area (Å²) in [6.45, 7) is 4.99. The van der Waals surface area contributed by atoms with Crippen LogP contribution in [0.1, 0.15) is 39.5 Å². The predicted octanol–water partition coefficient (Wildman–Crippen LogP) is 1.59. The van der Waals surface area contributed by atoms with Gasteiger partial charge in [0.05, 0.1) is 31.5 Å². The van der Waals surface area contributed by atoms with Gasteiger partial charge in [-0.1, -0.05) is 6.92 Å². The molecule has 0 spiro atoms.